The van der Waals surface area contributed by atoms with Crippen LogP contribution in [0.4, 0.5) is 5.69 Å². The molecular formula is C19H24N2O2. The number of carbonyl (C=O) groups excluding carboxylic acids is 2. The van der Waals surface area contributed by atoms with Crippen LogP contribution >= 0.6 is 0 Å². The molecule has 2 amide bonds. The first-order valence-electron chi connectivity index (χ1n) is 8.51. The number of fused-ring (bicyclic) bond motifs is 1. The standard InChI is InChI=1S/C19H24N2O2/c1-2-18(22)20-13-10-16(11-14-20)19(23)21-12-6-5-8-15-7-3-4-9-17(15)21/h2-4,7,9,16H,1,5-6,8,10-14H2. The molecule has 0 aromatic heterocycles. The van der Waals surface area contributed by atoms with Crippen molar-refractivity contribution in [1.29, 1.82) is 0 Å². The number of piperidine rings is 1. The smallest absolute Gasteiger partial charge is 0.245 e. The zero-order valence-electron chi connectivity index (χ0n) is 13.5. The summed E-state index contributed by atoms with van der Waals surface area (Å²) in [7, 11) is 0. The maximum absolute atomic E-state index is 13.0. The number of hydrogen-bond donors (Lipinski definition) is 0. The van der Waals surface area contributed by atoms with Gasteiger partial charge in [-0.1, -0.05) is 24.8 Å². The summed E-state index contributed by atoms with van der Waals surface area (Å²) in [4.78, 5) is 28.5. The zero-order valence-corrected chi connectivity index (χ0v) is 13.5. The molecule has 2 aliphatic rings. The van der Waals surface area contributed by atoms with Crippen LogP contribution in [0.1, 0.15) is 31.2 Å². The Balaban J connectivity index is 1.71. The minimum absolute atomic E-state index is 0.0232. The lowest BCUT2D eigenvalue weighted by atomic mass is 9.94. The molecule has 0 saturated carbocycles. The molecule has 0 N–H and O–H groups in total. The summed E-state index contributed by atoms with van der Waals surface area (Å²) in [5.41, 5.74) is 2.36. The van der Waals surface area contributed by atoms with Gasteiger partial charge in [0.05, 0.1) is 0 Å². The van der Waals surface area contributed by atoms with Gasteiger partial charge in [0, 0.05) is 31.2 Å². The van der Waals surface area contributed by atoms with E-state index in [2.05, 4.69) is 18.7 Å². The summed E-state index contributed by atoms with van der Waals surface area (Å²) < 4.78 is 0. The number of para-hydroxylation sites is 1. The Kier molecular flexibility index (Phi) is 4.79. The molecule has 3 rings (SSSR count). The van der Waals surface area contributed by atoms with Gasteiger partial charge in [-0.25, -0.2) is 0 Å². The summed E-state index contributed by atoms with van der Waals surface area (Å²) in [5.74, 6) is 0.219. The largest absolute Gasteiger partial charge is 0.339 e. The molecule has 0 unspecified atom stereocenters. The van der Waals surface area contributed by atoms with Crippen molar-refractivity contribution >= 4 is 17.5 Å². The molecular weight excluding hydrogens is 288 g/mol. The number of likely N-dealkylation sites (tertiary alicyclic amines) is 1. The van der Waals surface area contributed by atoms with Crippen molar-refractivity contribution in [2.24, 2.45) is 5.92 Å². The summed E-state index contributed by atoms with van der Waals surface area (Å²) in [6.45, 7) is 5.64. The fraction of sp³-hybridized carbons (Fsp3) is 0.474. The van der Waals surface area contributed by atoms with E-state index in [0.717, 1.165) is 44.3 Å². The van der Waals surface area contributed by atoms with Crippen molar-refractivity contribution in [1.82, 2.24) is 4.90 Å². The van der Waals surface area contributed by atoms with Crippen molar-refractivity contribution in [2.45, 2.75) is 32.1 Å². The Hall–Kier alpha value is -2.10. The van der Waals surface area contributed by atoms with E-state index >= 15 is 0 Å². The minimum Gasteiger partial charge on any atom is -0.339 e. The van der Waals surface area contributed by atoms with Crippen LogP contribution in [0.5, 0.6) is 0 Å². The van der Waals surface area contributed by atoms with Crippen molar-refractivity contribution in [3.63, 3.8) is 0 Å². The molecule has 1 aromatic rings. The number of benzene rings is 1. The van der Waals surface area contributed by atoms with Gasteiger partial charge in [-0.15, -0.1) is 0 Å². The van der Waals surface area contributed by atoms with Crippen molar-refractivity contribution in [3.8, 4) is 0 Å². The van der Waals surface area contributed by atoms with Gasteiger partial charge >= 0.3 is 0 Å². The molecule has 0 bridgehead atoms. The number of carbonyl (C=O) groups is 2. The lowest BCUT2D eigenvalue weighted by Crippen LogP contribution is -2.44. The van der Waals surface area contributed by atoms with Crippen LogP contribution in [0.25, 0.3) is 0 Å². The number of aryl methyl sites for hydroxylation is 1. The first kappa shape index (κ1) is 15.8. The molecule has 1 saturated heterocycles. The van der Waals surface area contributed by atoms with Crippen LogP contribution in [0.2, 0.25) is 0 Å². The van der Waals surface area contributed by atoms with E-state index in [9.17, 15) is 9.59 Å². The number of hydrogen-bond acceptors (Lipinski definition) is 2. The van der Waals surface area contributed by atoms with Gasteiger partial charge in [-0.3, -0.25) is 9.59 Å². The summed E-state index contributed by atoms with van der Waals surface area (Å²) in [6, 6.07) is 8.25. The lowest BCUT2D eigenvalue weighted by Gasteiger charge is -2.34. The second kappa shape index (κ2) is 6.99. The molecule has 2 heterocycles. The summed E-state index contributed by atoms with van der Waals surface area (Å²) >= 11 is 0. The second-order valence-electron chi connectivity index (χ2n) is 6.38. The Bertz CT molecular complexity index is 603. The number of nitrogens with zero attached hydrogens (tertiary/aromatic N) is 2. The summed E-state index contributed by atoms with van der Waals surface area (Å²) in [5, 5.41) is 0. The number of anilines is 1. The Labute approximate surface area is 137 Å². The average molecular weight is 312 g/mol. The van der Waals surface area contributed by atoms with Gasteiger partial charge in [-0.2, -0.15) is 0 Å². The molecule has 1 fully saturated rings. The van der Waals surface area contributed by atoms with Gasteiger partial charge in [0.25, 0.3) is 0 Å². The highest BCUT2D eigenvalue weighted by molar-refractivity contribution is 5.96. The van der Waals surface area contributed by atoms with Crippen LogP contribution in [0.15, 0.2) is 36.9 Å². The van der Waals surface area contributed by atoms with Gasteiger partial charge < -0.3 is 9.80 Å². The third-order valence-corrected chi connectivity index (χ3v) is 4.96. The molecule has 0 radical (unpaired) electrons. The predicted octanol–water partition coefficient (Wildman–Crippen LogP) is 2.78. The molecule has 0 spiro atoms. The topological polar surface area (TPSA) is 40.6 Å². The second-order valence-corrected chi connectivity index (χ2v) is 6.38. The normalized spacial score (nSPS) is 19.0. The fourth-order valence-corrected chi connectivity index (χ4v) is 3.62. The monoisotopic (exact) mass is 312 g/mol. The van der Waals surface area contributed by atoms with Crippen LogP contribution < -0.4 is 4.90 Å². The summed E-state index contributed by atoms with van der Waals surface area (Å²) in [6.07, 6.45) is 6.08. The highest BCUT2D eigenvalue weighted by atomic mass is 16.2. The first-order valence-corrected chi connectivity index (χ1v) is 8.51. The SMILES string of the molecule is C=CC(=O)N1CCC(C(=O)N2CCCCc3ccccc32)CC1. The van der Waals surface area contributed by atoms with Crippen LogP contribution in [0.3, 0.4) is 0 Å². The van der Waals surface area contributed by atoms with Crippen LogP contribution in [-0.4, -0.2) is 36.3 Å². The van der Waals surface area contributed by atoms with Crippen molar-refractivity contribution < 1.29 is 9.59 Å². The van der Waals surface area contributed by atoms with E-state index < -0.39 is 0 Å². The van der Waals surface area contributed by atoms with E-state index in [4.69, 9.17) is 0 Å². The van der Waals surface area contributed by atoms with E-state index in [1.165, 1.54) is 11.6 Å². The number of rotatable bonds is 2. The maximum atomic E-state index is 13.0. The number of amides is 2. The maximum Gasteiger partial charge on any atom is 0.245 e. The molecule has 0 aliphatic carbocycles. The Morgan fingerprint density at radius 3 is 2.57 bits per heavy atom. The quantitative estimate of drug-likeness (QED) is 0.788. The Morgan fingerprint density at radius 2 is 1.83 bits per heavy atom. The van der Waals surface area contributed by atoms with E-state index in [1.54, 1.807) is 4.90 Å². The van der Waals surface area contributed by atoms with Crippen molar-refractivity contribution in [3.05, 3.63) is 42.5 Å². The van der Waals surface area contributed by atoms with E-state index in [-0.39, 0.29) is 17.7 Å². The van der Waals surface area contributed by atoms with Gasteiger partial charge in [0.2, 0.25) is 11.8 Å². The van der Waals surface area contributed by atoms with Crippen LogP contribution in [-0.2, 0) is 16.0 Å². The van der Waals surface area contributed by atoms with E-state index in [1.807, 2.05) is 17.0 Å². The lowest BCUT2D eigenvalue weighted by molar-refractivity contribution is -0.131. The molecule has 1 aromatic carbocycles. The molecule has 122 valence electrons. The molecule has 4 nitrogen and oxygen atoms in total. The molecule has 23 heavy (non-hydrogen) atoms. The van der Waals surface area contributed by atoms with Gasteiger partial charge in [-0.05, 0) is 49.8 Å². The third-order valence-electron chi connectivity index (χ3n) is 4.96. The first-order chi connectivity index (χ1) is 11.2. The van der Waals surface area contributed by atoms with Gasteiger partial charge in [0.1, 0.15) is 0 Å². The Morgan fingerprint density at radius 1 is 1.09 bits per heavy atom. The highest BCUT2D eigenvalue weighted by Crippen LogP contribution is 2.29. The highest BCUT2D eigenvalue weighted by Gasteiger charge is 2.31. The molecule has 0 atom stereocenters. The van der Waals surface area contributed by atoms with Gasteiger partial charge in [0.15, 0.2) is 0 Å². The molecule has 4 heteroatoms. The zero-order chi connectivity index (χ0) is 16.2. The van der Waals surface area contributed by atoms with E-state index in [0.29, 0.717) is 13.1 Å². The van der Waals surface area contributed by atoms with Crippen molar-refractivity contribution in [2.75, 3.05) is 24.5 Å². The van der Waals surface area contributed by atoms with Crippen LogP contribution in [0, 0.1) is 5.92 Å². The molecule has 2 aliphatic heterocycles. The minimum atomic E-state index is -0.0315. The third kappa shape index (κ3) is 3.31. The fourth-order valence-electron chi connectivity index (χ4n) is 3.62. The predicted molar refractivity (Wildman–Crippen MR) is 91.2 cm³/mol. The average Bonchev–Trinajstić information content (AvgIpc) is 2.83.